The molecule has 0 radical (unpaired) electrons. The minimum absolute atomic E-state index is 0.125. The predicted octanol–water partition coefficient (Wildman–Crippen LogP) is 2.72. The van der Waals surface area contributed by atoms with Gasteiger partial charge in [-0.2, -0.15) is 0 Å². The normalized spacial score (nSPS) is 16.4. The summed E-state index contributed by atoms with van der Waals surface area (Å²) in [6.07, 6.45) is -0.680. The number of sulfone groups is 1. The van der Waals surface area contributed by atoms with Crippen molar-refractivity contribution in [2.75, 3.05) is 11.5 Å². The molecule has 1 aliphatic heterocycles. The summed E-state index contributed by atoms with van der Waals surface area (Å²) < 4.78 is 42.9. The van der Waals surface area contributed by atoms with Crippen LogP contribution >= 0.6 is 23.2 Å². The van der Waals surface area contributed by atoms with Gasteiger partial charge in [0.1, 0.15) is 18.0 Å². The van der Waals surface area contributed by atoms with Crippen molar-refractivity contribution in [2.45, 2.75) is 31.6 Å². The quantitative estimate of drug-likeness (QED) is 0.364. The van der Waals surface area contributed by atoms with Crippen LogP contribution in [0.5, 0.6) is 0 Å². The smallest absolute Gasteiger partial charge is 0.333 e. The predicted molar refractivity (Wildman–Crippen MR) is 146 cm³/mol. The first kappa shape index (κ1) is 27.1. The van der Waals surface area contributed by atoms with Crippen LogP contribution in [0, 0.1) is 0 Å². The standard InChI is InChI=1S/C25H22Cl2FN5O5S/c26-15-5-7-16(8-6-15)33-20-22(30-21(33)17-3-1-2-4-18(17)27)32(24(36)31(23(20)35)13-19(29)34)14-25(28)9-11-39(37,38)12-10-25/h1-8H,9-14H2,(H2,29,34). The van der Waals surface area contributed by atoms with Gasteiger partial charge < -0.3 is 5.73 Å². The summed E-state index contributed by atoms with van der Waals surface area (Å²) in [5, 5.41) is 0.728. The van der Waals surface area contributed by atoms with Gasteiger partial charge in [0.15, 0.2) is 21.0 Å². The van der Waals surface area contributed by atoms with Gasteiger partial charge in [-0.15, -0.1) is 0 Å². The number of fused-ring (bicyclic) bond motifs is 1. The first-order valence-electron chi connectivity index (χ1n) is 11.8. The van der Waals surface area contributed by atoms with Crippen LogP contribution in [0.3, 0.4) is 0 Å². The highest BCUT2D eigenvalue weighted by Gasteiger charge is 2.39. The lowest BCUT2D eigenvalue weighted by atomic mass is 9.99. The van der Waals surface area contributed by atoms with Gasteiger partial charge in [0.25, 0.3) is 5.56 Å². The van der Waals surface area contributed by atoms with Crippen LogP contribution in [0.2, 0.25) is 10.0 Å². The van der Waals surface area contributed by atoms with E-state index in [9.17, 15) is 22.8 Å². The zero-order chi connectivity index (χ0) is 28.1. The minimum Gasteiger partial charge on any atom is -0.368 e. The number of alkyl halides is 1. The van der Waals surface area contributed by atoms with E-state index in [1.165, 1.54) is 4.57 Å². The summed E-state index contributed by atoms with van der Waals surface area (Å²) >= 11 is 12.6. The fourth-order valence-corrected chi connectivity index (χ4v) is 6.59. The lowest BCUT2D eigenvalue weighted by molar-refractivity contribution is -0.118. The molecule has 0 atom stereocenters. The number of rotatable bonds is 6. The molecule has 204 valence electrons. The first-order chi connectivity index (χ1) is 18.4. The molecular weight excluding hydrogens is 572 g/mol. The van der Waals surface area contributed by atoms with E-state index in [1.54, 1.807) is 48.5 Å². The van der Waals surface area contributed by atoms with Crippen molar-refractivity contribution in [1.82, 2.24) is 18.7 Å². The fraction of sp³-hybridized carbons (Fsp3) is 0.280. The summed E-state index contributed by atoms with van der Waals surface area (Å²) in [6, 6.07) is 13.2. The van der Waals surface area contributed by atoms with Crippen molar-refractivity contribution in [2.24, 2.45) is 5.73 Å². The van der Waals surface area contributed by atoms with Gasteiger partial charge in [-0.25, -0.2) is 27.2 Å². The summed E-state index contributed by atoms with van der Waals surface area (Å²) in [5.74, 6) is -1.54. The number of halogens is 3. The van der Waals surface area contributed by atoms with E-state index in [1.807, 2.05) is 0 Å². The van der Waals surface area contributed by atoms with Crippen LogP contribution < -0.4 is 17.0 Å². The van der Waals surface area contributed by atoms with Gasteiger partial charge in [0.2, 0.25) is 5.91 Å². The zero-order valence-electron chi connectivity index (χ0n) is 20.3. The average Bonchev–Trinajstić information content (AvgIpc) is 3.28. The number of carbonyl (C=O) groups excluding carboxylic acids is 1. The first-order valence-corrected chi connectivity index (χ1v) is 14.4. The molecule has 39 heavy (non-hydrogen) atoms. The Morgan fingerprint density at radius 1 is 1.03 bits per heavy atom. The Morgan fingerprint density at radius 2 is 1.67 bits per heavy atom. The Hall–Kier alpha value is -3.48. The second-order valence-corrected chi connectivity index (χ2v) is 12.6. The maximum Gasteiger partial charge on any atom is 0.333 e. The fourth-order valence-electron chi connectivity index (χ4n) is 4.69. The monoisotopic (exact) mass is 593 g/mol. The highest BCUT2D eigenvalue weighted by Crippen LogP contribution is 2.34. The van der Waals surface area contributed by atoms with E-state index in [0.717, 1.165) is 4.57 Å². The Kier molecular flexibility index (Phi) is 6.90. The van der Waals surface area contributed by atoms with Crippen molar-refractivity contribution in [3.05, 3.63) is 79.4 Å². The van der Waals surface area contributed by atoms with Crippen molar-refractivity contribution in [1.29, 1.82) is 0 Å². The van der Waals surface area contributed by atoms with Gasteiger partial charge >= 0.3 is 5.69 Å². The third kappa shape index (κ3) is 5.11. The molecule has 5 rings (SSSR count). The maximum absolute atomic E-state index is 16.0. The van der Waals surface area contributed by atoms with E-state index in [-0.39, 0.29) is 41.3 Å². The molecule has 1 amide bonds. The van der Waals surface area contributed by atoms with E-state index >= 15 is 4.39 Å². The lowest BCUT2D eigenvalue weighted by Crippen LogP contribution is -2.47. The number of imidazole rings is 1. The Bertz CT molecular complexity index is 1830. The van der Waals surface area contributed by atoms with E-state index in [2.05, 4.69) is 4.98 Å². The highest BCUT2D eigenvalue weighted by atomic mass is 35.5. The molecule has 4 aromatic rings. The molecule has 1 fully saturated rings. The van der Waals surface area contributed by atoms with E-state index in [0.29, 0.717) is 25.9 Å². The molecule has 0 spiro atoms. The molecule has 1 aliphatic rings. The molecule has 2 N–H and O–H groups in total. The molecular formula is C25H22Cl2FN5O5S. The number of primary amides is 1. The molecule has 14 heteroatoms. The second-order valence-electron chi connectivity index (χ2n) is 9.43. The molecule has 1 saturated heterocycles. The molecule has 0 aliphatic carbocycles. The van der Waals surface area contributed by atoms with Gasteiger partial charge in [-0.1, -0.05) is 35.3 Å². The Labute approximate surface area is 231 Å². The topological polar surface area (TPSA) is 139 Å². The van der Waals surface area contributed by atoms with Crippen molar-refractivity contribution >= 4 is 50.1 Å². The molecule has 0 unspecified atom stereocenters. The zero-order valence-corrected chi connectivity index (χ0v) is 22.6. The maximum atomic E-state index is 16.0. The number of benzene rings is 2. The number of amides is 1. The summed E-state index contributed by atoms with van der Waals surface area (Å²) in [7, 11) is -3.40. The van der Waals surface area contributed by atoms with Crippen LogP contribution in [0.15, 0.2) is 58.1 Å². The van der Waals surface area contributed by atoms with Crippen molar-refractivity contribution < 1.29 is 17.6 Å². The van der Waals surface area contributed by atoms with Crippen LogP contribution in [-0.4, -0.2) is 50.2 Å². The number of hydrogen-bond acceptors (Lipinski definition) is 6. The van der Waals surface area contributed by atoms with E-state index < -0.39 is 45.8 Å². The third-order valence-electron chi connectivity index (χ3n) is 6.70. The third-order valence-corrected chi connectivity index (χ3v) is 8.94. The Morgan fingerprint density at radius 3 is 2.28 bits per heavy atom. The van der Waals surface area contributed by atoms with Crippen LogP contribution in [0.4, 0.5) is 4.39 Å². The number of carbonyl (C=O) groups is 1. The largest absolute Gasteiger partial charge is 0.368 e. The molecule has 2 aromatic carbocycles. The number of nitrogens with zero attached hydrogens (tertiary/aromatic N) is 4. The van der Waals surface area contributed by atoms with Gasteiger partial charge in [0, 0.05) is 16.3 Å². The van der Waals surface area contributed by atoms with E-state index in [4.69, 9.17) is 28.9 Å². The molecule has 10 nitrogen and oxygen atoms in total. The van der Waals surface area contributed by atoms with Gasteiger partial charge in [-0.3, -0.25) is 18.7 Å². The van der Waals surface area contributed by atoms with Crippen molar-refractivity contribution in [3.8, 4) is 17.1 Å². The average molecular weight is 594 g/mol. The Balaban J connectivity index is 1.86. The number of nitrogens with two attached hydrogens (primary N) is 1. The second kappa shape index (κ2) is 9.92. The van der Waals surface area contributed by atoms with Crippen LogP contribution in [-0.2, 0) is 27.7 Å². The molecule has 2 aromatic heterocycles. The summed E-state index contributed by atoms with van der Waals surface area (Å²) in [6.45, 7) is -1.34. The minimum atomic E-state index is -3.40. The van der Waals surface area contributed by atoms with Crippen molar-refractivity contribution in [3.63, 3.8) is 0 Å². The van der Waals surface area contributed by atoms with Crippen LogP contribution in [0.1, 0.15) is 12.8 Å². The molecule has 3 heterocycles. The van der Waals surface area contributed by atoms with Crippen LogP contribution in [0.25, 0.3) is 28.2 Å². The number of hydrogen-bond donors (Lipinski definition) is 1. The lowest BCUT2D eigenvalue weighted by Gasteiger charge is -2.30. The molecule has 0 saturated carbocycles. The van der Waals surface area contributed by atoms with Gasteiger partial charge in [0.05, 0.1) is 23.1 Å². The summed E-state index contributed by atoms with van der Waals surface area (Å²) in [5.41, 5.74) is 1.97. The highest BCUT2D eigenvalue weighted by molar-refractivity contribution is 7.91. The number of aromatic nitrogens is 4. The van der Waals surface area contributed by atoms with Gasteiger partial charge in [-0.05, 0) is 49.2 Å². The SMILES string of the molecule is NC(=O)Cn1c(=O)c2c(nc(-c3ccccc3Cl)n2-c2ccc(Cl)cc2)n(CC2(F)CCS(=O)(=O)CC2)c1=O. The molecule has 0 bridgehead atoms. The summed E-state index contributed by atoms with van der Waals surface area (Å²) in [4.78, 5) is 43.7.